The molecule has 2 aromatic carbocycles. The van der Waals surface area contributed by atoms with Crippen molar-refractivity contribution in [3.05, 3.63) is 65.2 Å². The van der Waals surface area contributed by atoms with Crippen LogP contribution in [-0.4, -0.2) is 27.7 Å². The molecule has 0 fully saturated rings. The molecular weight excluding hydrogens is 326 g/mol. The maximum Gasteiger partial charge on any atom is 0.251 e. The summed E-state index contributed by atoms with van der Waals surface area (Å²) in [6.45, 7) is 2.30. The summed E-state index contributed by atoms with van der Waals surface area (Å²) in [6, 6.07) is 13.5. The van der Waals surface area contributed by atoms with Crippen LogP contribution in [0.3, 0.4) is 0 Å². The predicted molar refractivity (Wildman–Crippen MR) is 92.6 cm³/mol. The van der Waals surface area contributed by atoms with Crippen molar-refractivity contribution < 1.29 is 17.9 Å². The summed E-state index contributed by atoms with van der Waals surface area (Å²) in [4.78, 5) is 12.6. The van der Waals surface area contributed by atoms with Crippen LogP contribution in [0, 0.1) is 0 Å². The standard InChI is InChI=1S/C18H21NO4S/c1-13(15-7-9-17(10-8-15)24(3,21)22)19-18(20)16-6-4-5-14(11-16)12-23-2/h4-11,13H,12H2,1-3H3,(H,19,20)/t13-/m0/s1. The van der Waals surface area contributed by atoms with Crippen LogP contribution in [0.4, 0.5) is 0 Å². The highest BCUT2D eigenvalue weighted by Gasteiger charge is 2.13. The topological polar surface area (TPSA) is 72.5 Å². The van der Waals surface area contributed by atoms with Crippen molar-refractivity contribution in [2.75, 3.05) is 13.4 Å². The highest BCUT2D eigenvalue weighted by atomic mass is 32.2. The fraction of sp³-hybridized carbons (Fsp3) is 0.278. The average molecular weight is 347 g/mol. The predicted octanol–water partition coefficient (Wildman–Crippen LogP) is 2.73. The molecule has 2 aromatic rings. The summed E-state index contributed by atoms with van der Waals surface area (Å²) < 4.78 is 28.0. The first-order chi connectivity index (χ1) is 11.3. The Morgan fingerprint density at radius 1 is 1.17 bits per heavy atom. The lowest BCUT2D eigenvalue weighted by molar-refractivity contribution is 0.0939. The molecule has 0 radical (unpaired) electrons. The number of carbonyl (C=O) groups is 1. The van der Waals surface area contributed by atoms with Gasteiger partial charge in [0.1, 0.15) is 0 Å². The average Bonchev–Trinajstić information content (AvgIpc) is 2.54. The lowest BCUT2D eigenvalue weighted by Gasteiger charge is -2.15. The molecule has 1 N–H and O–H groups in total. The number of carbonyl (C=O) groups excluding carboxylic acids is 1. The zero-order valence-electron chi connectivity index (χ0n) is 13.9. The number of sulfone groups is 1. The number of hydrogen-bond acceptors (Lipinski definition) is 4. The number of amides is 1. The summed E-state index contributed by atoms with van der Waals surface area (Å²) in [6.07, 6.45) is 1.17. The molecule has 6 heteroatoms. The molecule has 24 heavy (non-hydrogen) atoms. The minimum absolute atomic E-state index is 0.187. The zero-order chi connectivity index (χ0) is 17.7. The Morgan fingerprint density at radius 3 is 2.42 bits per heavy atom. The fourth-order valence-electron chi connectivity index (χ4n) is 2.34. The van der Waals surface area contributed by atoms with E-state index in [1.807, 2.05) is 19.1 Å². The Morgan fingerprint density at radius 2 is 1.83 bits per heavy atom. The van der Waals surface area contributed by atoms with Crippen LogP contribution in [-0.2, 0) is 21.2 Å². The van der Waals surface area contributed by atoms with E-state index in [-0.39, 0.29) is 16.8 Å². The summed E-state index contributed by atoms with van der Waals surface area (Å²) >= 11 is 0. The van der Waals surface area contributed by atoms with E-state index in [9.17, 15) is 13.2 Å². The van der Waals surface area contributed by atoms with Crippen molar-refractivity contribution in [3.63, 3.8) is 0 Å². The Bertz CT molecular complexity index is 813. The van der Waals surface area contributed by atoms with Crippen molar-refractivity contribution in [3.8, 4) is 0 Å². The largest absolute Gasteiger partial charge is 0.380 e. The van der Waals surface area contributed by atoms with E-state index >= 15 is 0 Å². The van der Waals surface area contributed by atoms with Crippen LogP contribution in [0.25, 0.3) is 0 Å². The molecular formula is C18H21NO4S. The number of hydrogen-bond donors (Lipinski definition) is 1. The van der Waals surface area contributed by atoms with Gasteiger partial charge in [-0.2, -0.15) is 0 Å². The van der Waals surface area contributed by atoms with Crippen LogP contribution in [0.1, 0.15) is 34.5 Å². The molecule has 0 saturated heterocycles. The van der Waals surface area contributed by atoms with Gasteiger partial charge in [0.2, 0.25) is 0 Å². The number of methoxy groups -OCH3 is 1. The van der Waals surface area contributed by atoms with Gasteiger partial charge in [0.15, 0.2) is 9.84 Å². The first kappa shape index (κ1) is 18.2. The van der Waals surface area contributed by atoms with Crippen LogP contribution in [0.2, 0.25) is 0 Å². The van der Waals surface area contributed by atoms with E-state index in [4.69, 9.17) is 4.74 Å². The summed E-state index contributed by atoms with van der Waals surface area (Å²) in [5.74, 6) is -0.187. The lowest BCUT2D eigenvalue weighted by atomic mass is 10.1. The number of nitrogens with one attached hydrogen (secondary N) is 1. The molecule has 2 rings (SSSR count). The third-order valence-electron chi connectivity index (χ3n) is 3.66. The first-order valence-electron chi connectivity index (χ1n) is 7.50. The number of rotatable bonds is 6. The van der Waals surface area contributed by atoms with Gasteiger partial charge >= 0.3 is 0 Å². The van der Waals surface area contributed by atoms with Crippen molar-refractivity contribution in [2.45, 2.75) is 24.5 Å². The van der Waals surface area contributed by atoms with Gasteiger partial charge in [0.25, 0.3) is 5.91 Å². The number of benzene rings is 2. The molecule has 0 aliphatic carbocycles. The smallest absolute Gasteiger partial charge is 0.251 e. The van der Waals surface area contributed by atoms with Crippen molar-refractivity contribution >= 4 is 15.7 Å². The van der Waals surface area contributed by atoms with E-state index in [1.54, 1.807) is 43.5 Å². The maximum absolute atomic E-state index is 12.4. The highest BCUT2D eigenvalue weighted by Crippen LogP contribution is 2.17. The summed E-state index contributed by atoms with van der Waals surface area (Å²) in [5, 5.41) is 2.91. The molecule has 0 aromatic heterocycles. The van der Waals surface area contributed by atoms with E-state index in [2.05, 4.69) is 5.32 Å². The molecule has 0 bridgehead atoms. The second-order valence-corrected chi connectivity index (χ2v) is 7.69. The Labute approximate surface area is 142 Å². The fourth-order valence-corrected chi connectivity index (χ4v) is 2.97. The van der Waals surface area contributed by atoms with E-state index in [0.717, 1.165) is 11.1 Å². The minimum atomic E-state index is -3.22. The normalized spacial score (nSPS) is 12.6. The van der Waals surface area contributed by atoms with E-state index in [1.165, 1.54) is 6.26 Å². The maximum atomic E-state index is 12.4. The van der Waals surface area contributed by atoms with E-state index < -0.39 is 9.84 Å². The first-order valence-corrected chi connectivity index (χ1v) is 9.39. The van der Waals surface area contributed by atoms with Gasteiger partial charge in [0.05, 0.1) is 17.5 Å². The summed E-state index contributed by atoms with van der Waals surface area (Å²) in [5.41, 5.74) is 2.32. The van der Waals surface area contributed by atoms with Crippen LogP contribution >= 0.6 is 0 Å². The molecule has 0 saturated carbocycles. The number of ether oxygens (including phenoxy) is 1. The zero-order valence-corrected chi connectivity index (χ0v) is 14.8. The molecule has 0 heterocycles. The van der Waals surface area contributed by atoms with Gasteiger partial charge in [-0.15, -0.1) is 0 Å². The Kier molecular flexibility index (Phi) is 5.75. The quantitative estimate of drug-likeness (QED) is 0.872. The third kappa shape index (κ3) is 4.66. The second kappa shape index (κ2) is 7.59. The van der Waals surface area contributed by atoms with Gasteiger partial charge in [-0.25, -0.2) is 8.42 Å². The highest BCUT2D eigenvalue weighted by molar-refractivity contribution is 7.90. The molecule has 1 amide bonds. The summed E-state index contributed by atoms with van der Waals surface area (Å²) in [7, 11) is -1.61. The lowest BCUT2D eigenvalue weighted by Crippen LogP contribution is -2.26. The van der Waals surface area contributed by atoms with Gasteiger partial charge in [0, 0.05) is 18.9 Å². The third-order valence-corrected chi connectivity index (χ3v) is 4.78. The molecule has 1 atom stereocenters. The van der Waals surface area contributed by atoms with Gasteiger partial charge in [-0.1, -0.05) is 24.3 Å². The van der Waals surface area contributed by atoms with Gasteiger partial charge < -0.3 is 10.1 Å². The molecule has 0 unspecified atom stereocenters. The van der Waals surface area contributed by atoms with Crippen LogP contribution < -0.4 is 5.32 Å². The monoisotopic (exact) mass is 347 g/mol. The van der Waals surface area contributed by atoms with Crippen LogP contribution in [0.15, 0.2) is 53.4 Å². The molecule has 5 nitrogen and oxygen atoms in total. The van der Waals surface area contributed by atoms with Gasteiger partial charge in [-0.05, 0) is 42.3 Å². The van der Waals surface area contributed by atoms with Crippen molar-refractivity contribution in [1.82, 2.24) is 5.32 Å². The minimum Gasteiger partial charge on any atom is -0.380 e. The van der Waals surface area contributed by atoms with E-state index in [0.29, 0.717) is 12.2 Å². The Hall–Kier alpha value is -2.18. The van der Waals surface area contributed by atoms with Crippen molar-refractivity contribution in [1.29, 1.82) is 0 Å². The molecule has 0 aliphatic heterocycles. The second-order valence-electron chi connectivity index (χ2n) is 5.67. The van der Waals surface area contributed by atoms with Crippen molar-refractivity contribution in [2.24, 2.45) is 0 Å². The van der Waals surface area contributed by atoms with Gasteiger partial charge in [-0.3, -0.25) is 4.79 Å². The molecule has 128 valence electrons. The molecule has 0 spiro atoms. The Balaban J connectivity index is 2.10. The van der Waals surface area contributed by atoms with Crippen LogP contribution in [0.5, 0.6) is 0 Å². The molecule has 0 aliphatic rings. The SMILES string of the molecule is COCc1cccc(C(=O)N[C@@H](C)c2ccc(S(C)(=O)=O)cc2)c1.